The van der Waals surface area contributed by atoms with Gasteiger partial charge in [0.15, 0.2) is 6.29 Å². The van der Waals surface area contributed by atoms with Gasteiger partial charge in [0.1, 0.15) is 24.4 Å². The Kier molecular flexibility index (Phi) is 18.5. The number of aliphatic hydroxyl groups excluding tert-OH is 5. The first-order chi connectivity index (χ1) is 6.95. The van der Waals surface area contributed by atoms with Crippen molar-refractivity contribution in [3.8, 4) is 0 Å². The van der Waals surface area contributed by atoms with E-state index in [0.29, 0.717) is 0 Å². The van der Waals surface area contributed by atoms with Crippen molar-refractivity contribution < 1.29 is 81.7 Å². The first kappa shape index (κ1) is 21.8. The summed E-state index contributed by atoms with van der Waals surface area (Å²) in [4.78, 5) is 17.9. The van der Waals surface area contributed by atoms with Crippen molar-refractivity contribution in [1.82, 2.24) is 0 Å². The van der Waals surface area contributed by atoms with E-state index in [9.17, 15) is 4.79 Å². The second-order valence-corrected chi connectivity index (χ2v) is 2.43. The number of carbonyl (C=O) groups is 1. The molecule has 0 rings (SSSR count). The third kappa shape index (κ3) is 9.71. The van der Waals surface area contributed by atoms with Gasteiger partial charge in [0.25, 0.3) is 0 Å². The minimum absolute atomic E-state index is 0. The molecule has 0 aromatic rings. The van der Waals surface area contributed by atoms with Gasteiger partial charge in [-0.15, -0.1) is 5.34 Å². The van der Waals surface area contributed by atoms with Crippen LogP contribution in [0, 0.1) is 10.1 Å². The average molecular weight is 265 g/mol. The van der Waals surface area contributed by atoms with E-state index in [1.165, 1.54) is 0 Å². The maximum Gasteiger partial charge on any atom is 1.00 e. The van der Waals surface area contributed by atoms with Gasteiger partial charge in [-0.1, -0.05) is 0 Å². The second kappa shape index (κ2) is 13.6. The largest absolute Gasteiger partial charge is 1.00 e. The van der Waals surface area contributed by atoms with Gasteiger partial charge in [-0.05, 0) is 0 Å². The van der Waals surface area contributed by atoms with Crippen molar-refractivity contribution >= 4 is 6.29 Å². The van der Waals surface area contributed by atoms with Crippen molar-refractivity contribution in [3.63, 3.8) is 0 Å². The van der Waals surface area contributed by atoms with Gasteiger partial charge >= 0.3 is 51.4 Å². The fraction of sp³-hybridized carbons (Fsp3) is 0.833. The number of aldehydes is 1. The van der Waals surface area contributed by atoms with Crippen LogP contribution in [0.5, 0.6) is 0 Å². The Morgan fingerprint density at radius 3 is 1.81 bits per heavy atom. The summed E-state index contributed by atoms with van der Waals surface area (Å²) in [6.45, 7) is -0.760. The summed E-state index contributed by atoms with van der Waals surface area (Å²) in [6, 6.07) is 0. The van der Waals surface area contributed by atoms with Gasteiger partial charge in [-0.3, -0.25) is 0 Å². The first-order valence-corrected chi connectivity index (χ1v) is 3.69. The molecule has 0 aromatic heterocycles. The SMILES string of the molecule is O=CC(O)C(O)C(O)C(O)CO.O=N[O-].[K+]. The van der Waals surface area contributed by atoms with E-state index in [1.54, 1.807) is 0 Å². The third-order valence-electron chi connectivity index (χ3n) is 1.42. The van der Waals surface area contributed by atoms with Crippen molar-refractivity contribution in [3.05, 3.63) is 10.1 Å². The first-order valence-electron chi connectivity index (χ1n) is 3.69. The molecule has 0 aliphatic heterocycles. The van der Waals surface area contributed by atoms with Crippen molar-refractivity contribution in [1.29, 1.82) is 0 Å². The van der Waals surface area contributed by atoms with Crippen molar-refractivity contribution in [2.75, 3.05) is 6.61 Å². The fourth-order valence-corrected chi connectivity index (χ4v) is 0.618. The number of nitrogens with zero attached hydrogens (tertiary/aromatic N) is 1. The van der Waals surface area contributed by atoms with Crippen LogP contribution in [0.3, 0.4) is 0 Å². The van der Waals surface area contributed by atoms with Gasteiger partial charge in [-0.25, -0.2) is 0 Å². The molecule has 0 saturated carbocycles. The van der Waals surface area contributed by atoms with Crippen LogP contribution in [0.2, 0.25) is 0 Å². The van der Waals surface area contributed by atoms with Crippen LogP contribution in [0.1, 0.15) is 0 Å². The van der Waals surface area contributed by atoms with Crippen LogP contribution in [-0.4, -0.2) is 62.8 Å². The molecule has 0 aromatic carbocycles. The average Bonchev–Trinajstić information content (AvgIpc) is 2.25. The van der Waals surface area contributed by atoms with Gasteiger partial charge in [-0.2, -0.15) is 0 Å². The molecule has 9 nitrogen and oxygen atoms in total. The summed E-state index contributed by atoms with van der Waals surface area (Å²) in [6.07, 6.45) is -6.84. The molecule has 0 fully saturated rings. The monoisotopic (exact) mass is 265 g/mol. The van der Waals surface area contributed by atoms with Crippen LogP contribution < -0.4 is 51.4 Å². The molecule has 90 valence electrons. The molecule has 0 aliphatic carbocycles. The third-order valence-corrected chi connectivity index (χ3v) is 1.42. The van der Waals surface area contributed by atoms with Gasteiger partial charge in [0.2, 0.25) is 0 Å². The van der Waals surface area contributed by atoms with Gasteiger partial charge in [0.05, 0.1) is 6.61 Å². The standard InChI is InChI=1S/C6H12O6.K.HNO2/c7-1-3(9)5(11)6(12)4(10)2-8;;2-1-3/h1,3-6,8-12H,2H2;;(H,2,3)/q;+1;/p-1. The summed E-state index contributed by atoms with van der Waals surface area (Å²) in [5, 5.41) is 52.5. The molecule has 0 saturated heterocycles. The number of hydrogen-bond acceptors (Lipinski definition) is 9. The van der Waals surface area contributed by atoms with Crippen molar-refractivity contribution in [2.45, 2.75) is 24.4 Å². The Bertz CT molecular complexity index is 182. The van der Waals surface area contributed by atoms with Crippen LogP contribution in [0.25, 0.3) is 0 Å². The summed E-state index contributed by atoms with van der Waals surface area (Å²) in [5.74, 6) is 0. The number of aliphatic hydroxyl groups is 5. The van der Waals surface area contributed by atoms with Crippen molar-refractivity contribution in [2.24, 2.45) is 5.34 Å². The topological polar surface area (TPSA) is 171 Å². The Hall–Kier alpha value is 0.506. The quantitative estimate of drug-likeness (QED) is 0.141. The molecule has 5 N–H and O–H groups in total. The van der Waals surface area contributed by atoms with E-state index >= 15 is 0 Å². The van der Waals surface area contributed by atoms with Gasteiger partial charge in [0, 0.05) is 0 Å². The predicted octanol–water partition coefficient (Wildman–Crippen LogP) is -6.12. The maximum absolute atomic E-state index is 9.90. The molecule has 4 atom stereocenters. The van der Waals surface area contributed by atoms with E-state index in [2.05, 4.69) is 0 Å². The Labute approximate surface area is 133 Å². The summed E-state index contributed by atoms with van der Waals surface area (Å²) >= 11 is 0. The molecule has 0 bridgehead atoms. The molecule has 0 spiro atoms. The molecular formula is C6H12KNO8. The van der Waals surface area contributed by atoms with E-state index < -0.39 is 31.0 Å². The van der Waals surface area contributed by atoms with E-state index in [0.717, 1.165) is 5.34 Å². The summed E-state index contributed by atoms with van der Waals surface area (Å²) < 4.78 is 0. The zero-order chi connectivity index (χ0) is 12.4. The normalized spacial score (nSPS) is 16.6. The minimum Gasteiger partial charge on any atom is -0.444 e. The number of rotatable bonds is 5. The van der Waals surface area contributed by atoms with Crippen LogP contribution >= 0.6 is 0 Å². The second-order valence-electron chi connectivity index (χ2n) is 2.43. The Morgan fingerprint density at radius 1 is 1.19 bits per heavy atom. The van der Waals surface area contributed by atoms with Crippen LogP contribution in [-0.2, 0) is 4.79 Å². The Morgan fingerprint density at radius 2 is 1.56 bits per heavy atom. The minimum atomic E-state index is -1.79. The maximum atomic E-state index is 9.90. The molecule has 0 heterocycles. The zero-order valence-corrected chi connectivity index (χ0v) is 11.6. The predicted molar refractivity (Wildman–Crippen MR) is 46.3 cm³/mol. The van der Waals surface area contributed by atoms with Crippen LogP contribution in [0.15, 0.2) is 5.34 Å². The van der Waals surface area contributed by atoms with E-state index in [-0.39, 0.29) is 57.7 Å². The molecule has 0 amide bonds. The number of carbonyl (C=O) groups excluding carboxylic acids is 1. The fourth-order valence-electron chi connectivity index (χ4n) is 0.618. The summed E-state index contributed by atoms with van der Waals surface area (Å²) in [5.41, 5.74) is 0. The Balaban J connectivity index is -0.000000377. The zero-order valence-electron chi connectivity index (χ0n) is 8.50. The van der Waals surface area contributed by atoms with Gasteiger partial charge < -0.3 is 40.4 Å². The molecule has 10 heteroatoms. The molecule has 0 radical (unpaired) electrons. The van der Waals surface area contributed by atoms with Crippen LogP contribution in [0.4, 0.5) is 0 Å². The van der Waals surface area contributed by atoms with E-state index in [4.69, 9.17) is 35.6 Å². The molecular weight excluding hydrogens is 253 g/mol. The smallest absolute Gasteiger partial charge is 0.444 e. The number of hydrogen-bond donors (Lipinski definition) is 5. The van der Waals surface area contributed by atoms with E-state index in [1.807, 2.05) is 0 Å². The molecule has 0 aliphatic rings. The molecule has 16 heavy (non-hydrogen) atoms. The summed E-state index contributed by atoms with van der Waals surface area (Å²) in [7, 11) is 0. The molecule has 4 unspecified atom stereocenters.